The Kier molecular flexibility index (Phi) is 4.36. The van der Waals surface area contributed by atoms with Crippen LogP contribution in [-0.2, 0) is 0 Å². The van der Waals surface area contributed by atoms with Gasteiger partial charge in [-0.2, -0.15) is 0 Å². The molecule has 0 saturated carbocycles. The molecule has 2 rings (SSSR count). The van der Waals surface area contributed by atoms with Gasteiger partial charge in [0.2, 0.25) is 5.16 Å². The molecule has 1 atom stereocenters. The summed E-state index contributed by atoms with van der Waals surface area (Å²) in [6.07, 6.45) is 2.26. The minimum Gasteiger partial charge on any atom is -0.258 e. The molecule has 0 aliphatic carbocycles. The molecule has 5 heteroatoms. The van der Waals surface area contributed by atoms with Crippen molar-refractivity contribution in [3.63, 3.8) is 0 Å². The summed E-state index contributed by atoms with van der Waals surface area (Å²) in [4.78, 5) is 4.32. The molecule has 0 amide bonds. The van der Waals surface area contributed by atoms with E-state index in [1.54, 1.807) is 30.0 Å². The van der Waals surface area contributed by atoms with Crippen molar-refractivity contribution in [3.05, 3.63) is 30.1 Å². The Morgan fingerprint density at radius 1 is 1.39 bits per heavy atom. The molecular weight excluding hydrogens is 249 g/mol. The lowest BCUT2D eigenvalue weighted by atomic mass is 10.2. The topological polar surface area (TPSA) is 41.6 Å². The number of H-pyrrole nitrogens is 1. The van der Waals surface area contributed by atoms with Gasteiger partial charge in [-0.05, 0) is 18.6 Å². The molecule has 1 heterocycles. The second-order valence-corrected chi connectivity index (χ2v) is 5.57. The zero-order valence-corrected chi connectivity index (χ0v) is 11.3. The third kappa shape index (κ3) is 3.10. The summed E-state index contributed by atoms with van der Waals surface area (Å²) in [7, 11) is 0. The maximum Gasteiger partial charge on any atom is 0.209 e. The van der Waals surface area contributed by atoms with Crippen LogP contribution in [0.4, 0.5) is 4.39 Å². The molecule has 0 aliphatic rings. The van der Waals surface area contributed by atoms with Crippen molar-refractivity contribution in [2.24, 2.45) is 0 Å². The Hall–Kier alpha value is -1.36. The van der Waals surface area contributed by atoms with Crippen LogP contribution >= 0.6 is 11.8 Å². The predicted molar refractivity (Wildman–Crippen MR) is 72.0 cm³/mol. The number of halogens is 1. The van der Waals surface area contributed by atoms with Crippen LogP contribution in [0.5, 0.6) is 0 Å². The quantitative estimate of drug-likeness (QED) is 0.834. The van der Waals surface area contributed by atoms with Gasteiger partial charge in [-0.25, -0.2) is 9.37 Å². The Labute approximate surface area is 110 Å². The molecular formula is C13H16FN3S. The van der Waals surface area contributed by atoms with Gasteiger partial charge in [0.15, 0.2) is 5.82 Å². The summed E-state index contributed by atoms with van der Waals surface area (Å²) >= 11 is 1.61. The third-order valence-electron chi connectivity index (χ3n) is 2.60. The molecule has 0 saturated heterocycles. The number of nitrogens with one attached hydrogen (secondary N) is 1. The van der Waals surface area contributed by atoms with Gasteiger partial charge in [0.25, 0.3) is 0 Å². The number of aromatic nitrogens is 3. The highest BCUT2D eigenvalue weighted by Gasteiger charge is 2.12. The molecule has 1 aromatic carbocycles. The van der Waals surface area contributed by atoms with Crippen molar-refractivity contribution in [2.45, 2.75) is 37.1 Å². The van der Waals surface area contributed by atoms with Gasteiger partial charge in [0.05, 0.1) is 5.56 Å². The molecule has 0 spiro atoms. The first-order chi connectivity index (χ1) is 8.70. The van der Waals surface area contributed by atoms with Crippen LogP contribution in [0.15, 0.2) is 29.4 Å². The SMILES string of the molecule is CCC[C@@H](C)Sc1n[nH]c(-c2ccccc2F)n1. The first-order valence-electron chi connectivity index (χ1n) is 6.04. The second-order valence-electron chi connectivity index (χ2n) is 4.16. The van der Waals surface area contributed by atoms with E-state index < -0.39 is 0 Å². The highest BCUT2D eigenvalue weighted by Crippen LogP contribution is 2.25. The van der Waals surface area contributed by atoms with Gasteiger partial charge in [0, 0.05) is 5.25 Å². The van der Waals surface area contributed by atoms with Crippen molar-refractivity contribution in [2.75, 3.05) is 0 Å². The summed E-state index contributed by atoms with van der Waals surface area (Å²) in [6, 6.07) is 6.56. The van der Waals surface area contributed by atoms with Crippen molar-refractivity contribution >= 4 is 11.8 Å². The fourth-order valence-electron chi connectivity index (χ4n) is 1.72. The third-order valence-corrected chi connectivity index (χ3v) is 3.63. The molecule has 0 radical (unpaired) electrons. The van der Waals surface area contributed by atoms with Crippen LogP contribution in [0.2, 0.25) is 0 Å². The van der Waals surface area contributed by atoms with Crippen LogP contribution < -0.4 is 0 Å². The smallest absolute Gasteiger partial charge is 0.209 e. The highest BCUT2D eigenvalue weighted by atomic mass is 32.2. The number of hydrogen-bond acceptors (Lipinski definition) is 3. The lowest BCUT2D eigenvalue weighted by molar-refractivity contribution is 0.630. The van der Waals surface area contributed by atoms with Gasteiger partial charge in [0.1, 0.15) is 5.82 Å². The van der Waals surface area contributed by atoms with Gasteiger partial charge in [-0.15, -0.1) is 5.10 Å². The fraction of sp³-hybridized carbons (Fsp3) is 0.385. The Morgan fingerprint density at radius 3 is 2.89 bits per heavy atom. The number of hydrogen-bond donors (Lipinski definition) is 1. The average molecular weight is 265 g/mol. The van der Waals surface area contributed by atoms with Crippen molar-refractivity contribution in [1.29, 1.82) is 0 Å². The van der Waals surface area contributed by atoms with E-state index in [-0.39, 0.29) is 5.82 Å². The van der Waals surface area contributed by atoms with E-state index in [0.717, 1.165) is 12.8 Å². The number of nitrogens with zero attached hydrogens (tertiary/aromatic N) is 2. The number of rotatable bonds is 5. The lowest BCUT2D eigenvalue weighted by Gasteiger charge is -2.04. The number of aromatic amines is 1. The molecule has 0 aliphatic heterocycles. The van der Waals surface area contributed by atoms with Gasteiger partial charge >= 0.3 is 0 Å². The summed E-state index contributed by atoms with van der Waals surface area (Å²) in [5.41, 5.74) is 0.458. The van der Waals surface area contributed by atoms with Crippen molar-refractivity contribution in [1.82, 2.24) is 15.2 Å². The Morgan fingerprint density at radius 2 is 2.17 bits per heavy atom. The normalized spacial score (nSPS) is 12.6. The van der Waals surface area contributed by atoms with Crippen LogP contribution in [0.25, 0.3) is 11.4 Å². The summed E-state index contributed by atoms with van der Waals surface area (Å²) in [6.45, 7) is 4.30. The van der Waals surface area contributed by atoms with Crippen molar-refractivity contribution < 1.29 is 4.39 Å². The standard InChI is InChI=1S/C13H16FN3S/c1-3-6-9(2)18-13-15-12(16-17-13)10-7-4-5-8-11(10)14/h4-5,7-9H,3,6H2,1-2H3,(H,15,16,17)/t9-/m1/s1. The van der Waals surface area contributed by atoms with E-state index in [9.17, 15) is 4.39 Å². The van der Waals surface area contributed by atoms with Crippen LogP contribution in [0, 0.1) is 5.82 Å². The largest absolute Gasteiger partial charge is 0.258 e. The number of benzene rings is 1. The summed E-state index contributed by atoms with van der Waals surface area (Å²) in [5, 5.41) is 8.05. The van der Waals surface area contributed by atoms with Crippen molar-refractivity contribution in [3.8, 4) is 11.4 Å². The predicted octanol–water partition coefficient (Wildman–Crippen LogP) is 3.89. The molecule has 96 valence electrons. The molecule has 1 aromatic heterocycles. The first-order valence-corrected chi connectivity index (χ1v) is 6.92. The summed E-state index contributed by atoms with van der Waals surface area (Å²) in [5.74, 6) is 0.200. The van der Waals surface area contributed by atoms with Gasteiger partial charge < -0.3 is 0 Å². The molecule has 0 fully saturated rings. The summed E-state index contributed by atoms with van der Waals surface area (Å²) < 4.78 is 13.6. The minimum absolute atomic E-state index is 0.285. The van der Waals surface area contributed by atoms with Crippen LogP contribution in [-0.4, -0.2) is 20.4 Å². The lowest BCUT2D eigenvalue weighted by Crippen LogP contribution is -1.95. The highest BCUT2D eigenvalue weighted by molar-refractivity contribution is 7.99. The van der Waals surface area contributed by atoms with E-state index in [2.05, 4.69) is 29.0 Å². The van der Waals surface area contributed by atoms with E-state index in [4.69, 9.17) is 0 Å². The van der Waals surface area contributed by atoms with Gasteiger partial charge in [-0.1, -0.05) is 44.2 Å². The minimum atomic E-state index is -0.285. The average Bonchev–Trinajstić information content (AvgIpc) is 2.78. The van der Waals surface area contributed by atoms with Crippen LogP contribution in [0.3, 0.4) is 0 Å². The number of thioether (sulfide) groups is 1. The van der Waals surface area contributed by atoms with E-state index >= 15 is 0 Å². The second kappa shape index (κ2) is 6.00. The zero-order valence-electron chi connectivity index (χ0n) is 10.5. The molecule has 3 nitrogen and oxygen atoms in total. The van der Waals surface area contributed by atoms with E-state index in [0.29, 0.717) is 21.8 Å². The maximum atomic E-state index is 13.6. The zero-order chi connectivity index (χ0) is 13.0. The molecule has 18 heavy (non-hydrogen) atoms. The van der Waals surface area contributed by atoms with Gasteiger partial charge in [-0.3, -0.25) is 5.10 Å². The first kappa shape index (κ1) is 13.1. The molecule has 2 aromatic rings. The molecule has 0 unspecified atom stereocenters. The molecule has 0 bridgehead atoms. The monoisotopic (exact) mass is 265 g/mol. The van der Waals surface area contributed by atoms with E-state index in [1.807, 2.05) is 0 Å². The molecule has 1 N–H and O–H groups in total. The Bertz CT molecular complexity index is 512. The maximum absolute atomic E-state index is 13.6. The van der Waals surface area contributed by atoms with Crippen LogP contribution in [0.1, 0.15) is 26.7 Å². The Balaban J connectivity index is 2.13. The fourth-order valence-corrected chi connectivity index (χ4v) is 2.67. The van der Waals surface area contributed by atoms with E-state index in [1.165, 1.54) is 6.07 Å².